The summed E-state index contributed by atoms with van der Waals surface area (Å²) in [4.78, 5) is 0. The van der Waals surface area contributed by atoms with Crippen molar-refractivity contribution in [3.8, 4) is 0 Å². The normalized spacial score (nSPS) is 10.8. The third kappa shape index (κ3) is 5.29. The molecule has 0 atom stereocenters. The van der Waals surface area contributed by atoms with E-state index in [0.29, 0.717) is 0 Å². The summed E-state index contributed by atoms with van der Waals surface area (Å²) in [6, 6.07) is 1.10. The Morgan fingerprint density at radius 3 is 2.20 bits per heavy atom. The highest BCUT2D eigenvalue weighted by molar-refractivity contribution is 7.80. The smallest absolute Gasteiger partial charge is 0.320 e. The molecule has 0 fully saturated rings. The van der Waals surface area contributed by atoms with Crippen LogP contribution >= 0.6 is 12.6 Å². The largest absolute Gasteiger partial charge is 0.400 e. The van der Waals surface area contributed by atoms with E-state index in [0.717, 1.165) is 11.8 Å². The molecule has 0 saturated carbocycles. The van der Waals surface area contributed by atoms with Gasteiger partial charge in [0.05, 0.1) is 0 Å². The summed E-state index contributed by atoms with van der Waals surface area (Å²) >= 11 is 4.12. The first-order chi connectivity index (χ1) is 4.85. The third-order valence-electron chi connectivity index (χ3n) is 1.37. The molecule has 0 aliphatic heterocycles. The zero-order chi connectivity index (χ0) is 7.82. The first-order valence-corrected chi connectivity index (χ1v) is 5.90. The molecule has 4 heteroatoms. The molecular formula is C6H16O2SSi. The highest BCUT2D eigenvalue weighted by Gasteiger charge is 2.07. The van der Waals surface area contributed by atoms with E-state index in [4.69, 9.17) is 8.85 Å². The maximum absolute atomic E-state index is 5.14. The predicted octanol–water partition coefficient (Wildman–Crippen LogP) is 1.21. The van der Waals surface area contributed by atoms with Gasteiger partial charge in [-0.15, -0.1) is 0 Å². The molecule has 0 unspecified atom stereocenters. The van der Waals surface area contributed by atoms with Crippen LogP contribution in [0.4, 0.5) is 0 Å². The predicted molar refractivity (Wildman–Crippen MR) is 49.1 cm³/mol. The standard InChI is InChI=1S/C6H16O2SSi/c1-7-10(8-2)6-4-3-5-9/h9-10H,3-6H2,1-2H3. The molecule has 0 bridgehead atoms. The monoisotopic (exact) mass is 180 g/mol. The Hall–Kier alpha value is 0.487. The Kier molecular flexibility index (Phi) is 7.96. The summed E-state index contributed by atoms with van der Waals surface area (Å²) in [5, 5.41) is 0. The minimum atomic E-state index is -1.26. The second-order valence-corrected chi connectivity index (χ2v) is 4.95. The lowest BCUT2D eigenvalue weighted by Crippen LogP contribution is -2.18. The number of hydrogen-bond donors (Lipinski definition) is 1. The second kappa shape index (κ2) is 7.59. The van der Waals surface area contributed by atoms with Crippen LogP contribution in [0.3, 0.4) is 0 Å². The van der Waals surface area contributed by atoms with Crippen molar-refractivity contribution in [3.63, 3.8) is 0 Å². The van der Waals surface area contributed by atoms with Crippen LogP contribution in [0.25, 0.3) is 0 Å². The molecule has 0 aromatic rings. The Labute approximate surface area is 70.2 Å². The van der Waals surface area contributed by atoms with Crippen LogP contribution in [-0.2, 0) is 8.85 Å². The van der Waals surface area contributed by atoms with Gasteiger partial charge in [-0.05, 0) is 18.2 Å². The fourth-order valence-electron chi connectivity index (χ4n) is 0.755. The van der Waals surface area contributed by atoms with Gasteiger partial charge in [-0.3, -0.25) is 0 Å². The highest BCUT2D eigenvalue weighted by atomic mass is 32.1. The Balaban J connectivity index is 3.09. The molecule has 0 heterocycles. The minimum absolute atomic E-state index is 0.967. The van der Waals surface area contributed by atoms with Crippen molar-refractivity contribution in [1.82, 2.24) is 0 Å². The number of hydrogen-bond acceptors (Lipinski definition) is 3. The molecular weight excluding hydrogens is 164 g/mol. The van der Waals surface area contributed by atoms with E-state index in [1.807, 2.05) is 0 Å². The molecule has 0 spiro atoms. The van der Waals surface area contributed by atoms with Gasteiger partial charge in [-0.1, -0.05) is 6.42 Å². The number of thiol groups is 1. The molecule has 0 aromatic heterocycles. The van der Waals surface area contributed by atoms with Crippen molar-refractivity contribution in [3.05, 3.63) is 0 Å². The molecule has 0 amide bonds. The fourth-order valence-corrected chi connectivity index (χ4v) is 2.26. The molecule has 10 heavy (non-hydrogen) atoms. The summed E-state index contributed by atoms with van der Waals surface area (Å²) < 4.78 is 10.3. The molecule has 0 aromatic carbocycles. The maximum atomic E-state index is 5.14. The average Bonchev–Trinajstić information content (AvgIpc) is 1.99. The Morgan fingerprint density at radius 2 is 1.80 bits per heavy atom. The van der Waals surface area contributed by atoms with Crippen molar-refractivity contribution < 1.29 is 8.85 Å². The molecule has 0 radical (unpaired) electrons. The minimum Gasteiger partial charge on any atom is -0.400 e. The average molecular weight is 180 g/mol. The lowest BCUT2D eigenvalue weighted by molar-refractivity contribution is 0.276. The quantitative estimate of drug-likeness (QED) is 0.376. The molecule has 0 aliphatic carbocycles. The van der Waals surface area contributed by atoms with Crippen molar-refractivity contribution in [2.24, 2.45) is 0 Å². The summed E-state index contributed by atoms with van der Waals surface area (Å²) in [6.07, 6.45) is 2.35. The first-order valence-electron chi connectivity index (χ1n) is 3.51. The van der Waals surface area contributed by atoms with Crippen LogP contribution in [0.2, 0.25) is 6.04 Å². The first kappa shape index (κ1) is 10.5. The molecule has 2 nitrogen and oxygen atoms in total. The maximum Gasteiger partial charge on any atom is 0.320 e. The lowest BCUT2D eigenvalue weighted by atomic mass is 10.4. The van der Waals surface area contributed by atoms with Crippen LogP contribution in [0.15, 0.2) is 0 Å². The van der Waals surface area contributed by atoms with Gasteiger partial charge in [0.1, 0.15) is 0 Å². The van der Waals surface area contributed by atoms with Gasteiger partial charge in [-0.2, -0.15) is 12.6 Å². The topological polar surface area (TPSA) is 18.5 Å². The number of unbranched alkanes of at least 4 members (excludes halogenated alkanes) is 1. The van der Waals surface area contributed by atoms with Crippen molar-refractivity contribution in [2.45, 2.75) is 18.9 Å². The summed E-state index contributed by atoms with van der Waals surface area (Å²) in [6.45, 7) is 0. The highest BCUT2D eigenvalue weighted by Crippen LogP contribution is 2.02. The van der Waals surface area contributed by atoms with Gasteiger partial charge in [0.25, 0.3) is 0 Å². The van der Waals surface area contributed by atoms with E-state index >= 15 is 0 Å². The van der Waals surface area contributed by atoms with Gasteiger partial charge in [0.15, 0.2) is 0 Å². The Bertz CT molecular complexity index is 68.8. The van der Waals surface area contributed by atoms with Gasteiger partial charge in [0, 0.05) is 14.2 Å². The lowest BCUT2D eigenvalue weighted by Gasteiger charge is -2.09. The molecule has 62 valence electrons. The summed E-state index contributed by atoms with van der Waals surface area (Å²) in [7, 11) is 2.19. The molecule has 0 rings (SSSR count). The van der Waals surface area contributed by atoms with Gasteiger partial charge >= 0.3 is 9.28 Å². The summed E-state index contributed by atoms with van der Waals surface area (Å²) in [5.74, 6) is 0.967. The van der Waals surface area contributed by atoms with E-state index in [9.17, 15) is 0 Å². The van der Waals surface area contributed by atoms with Crippen LogP contribution in [0.1, 0.15) is 12.8 Å². The van der Waals surface area contributed by atoms with E-state index in [1.54, 1.807) is 14.2 Å². The van der Waals surface area contributed by atoms with Crippen molar-refractivity contribution >= 4 is 21.9 Å². The summed E-state index contributed by atoms with van der Waals surface area (Å²) in [5.41, 5.74) is 0. The van der Waals surface area contributed by atoms with Crippen LogP contribution in [-0.4, -0.2) is 29.3 Å². The zero-order valence-electron chi connectivity index (χ0n) is 6.67. The third-order valence-corrected chi connectivity index (χ3v) is 3.62. The van der Waals surface area contributed by atoms with Crippen LogP contribution in [0, 0.1) is 0 Å². The van der Waals surface area contributed by atoms with Crippen molar-refractivity contribution in [1.29, 1.82) is 0 Å². The van der Waals surface area contributed by atoms with Crippen LogP contribution < -0.4 is 0 Å². The molecule has 0 aliphatic rings. The van der Waals surface area contributed by atoms with Gasteiger partial charge in [0.2, 0.25) is 0 Å². The second-order valence-electron chi connectivity index (χ2n) is 2.12. The van der Waals surface area contributed by atoms with Crippen molar-refractivity contribution in [2.75, 3.05) is 20.0 Å². The van der Waals surface area contributed by atoms with Gasteiger partial charge < -0.3 is 8.85 Å². The number of rotatable bonds is 6. The van der Waals surface area contributed by atoms with E-state index in [-0.39, 0.29) is 0 Å². The SMILES string of the molecule is CO[SiH](CCCCS)OC. The van der Waals surface area contributed by atoms with E-state index in [1.165, 1.54) is 12.8 Å². The fraction of sp³-hybridized carbons (Fsp3) is 1.00. The molecule has 0 saturated heterocycles. The van der Waals surface area contributed by atoms with Crippen LogP contribution in [0.5, 0.6) is 0 Å². The zero-order valence-corrected chi connectivity index (χ0v) is 8.72. The van der Waals surface area contributed by atoms with E-state index < -0.39 is 9.28 Å². The Morgan fingerprint density at radius 1 is 1.20 bits per heavy atom. The molecule has 0 N–H and O–H groups in total. The van der Waals surface area contributed by atoms with Gasteiger partial charge in [-0.25, -0.2) is 0 Å². The van der Waals surface area contributed by atoms with E-state index in [2.05, 4.69) is 12.6 Å².